The van der Waals surface area contributed by atoms with Crippen molar-refractivity contribution < 1.29 is 4.79 Å². The van der Waals surface area contributed by atoms with E-state index in [4.69, 9.17) is 0 Å². The number of carbonyl (C=O) groups excluding carboxylic acids is 1. The summed E-state index contributed by atoms with van der Waals surface area (Å²) in [5, 5.41) is 2.93. The molecule has 1 saturated carbocycles. The number of aliphatic imine (C=N–C) groups is 1. The lowest BCUT2D eigenvalue weighted by molar-refractivity contribution is -0.115. The van der Waals surface area contributed by atoms with Gasteiger partial charge in [0.2, 0.25) is 0 Å². The van der Waals surface area contributed by atoms with Crippen molar-refractivity contribution in [2.75, 3.05) is 0 Å². The first-order chi connectivity index (χ1) is 5.36. The first-order valence-electron chi connectivity index (χ1n) is 4.20. The van der Waals surface area contributed by atoms with Gasteiger partial charge in [-0.05, 0) is 12.8 Å². The van der Waals surface area contributed by atoms with Crippen LogP contribution in [0.25, 0.3) is 0 Å². The van der Waals surface area contributed by atoms with Crippen LogP contribution >= 0.6 is 0 Å². The van der Waals surface area contributed by atoms with Crippen LogP contribution in [0.1, 0.15) is 25.7 Å². The second-order valence-corrected chi connectivity index (χ2v) is 3.25. The van der Waals surface area contributed by atoms with Gasteiger partial charge in [0, 0.05) is 0 Å². The number of rotatable bonds is 0. The van der Waals surface area contributed by atoms with E-state index >= 15 is 0 Å². The Morgan fingerprint density at radius 1 is 1.45 bits per heavy atom. The summed E-state index contributed by atoms with van der Waals surface area (Å²) in [6.45, 7) is 0. The number of nitrogens with zero attached hydrogens (tertiary/aromatic N) is 1. The van der Waals surface area contributed by atoms with Crippen molar-refractivity contribution in [1.82, 2.24) is 5.32 Å². The van der Waals surface area contributed by atoms with Gasteiger partial charge in [-0.3, -0.25) is 9.79 Å². The first-order valence-corrected chi connectivity index (χ1v) is 4.20. The molecule has 0 unspecified atom stereocenters. The predicted octanol–water partition coefficient (Wildman–Crippen LogP) is 0.498. The van der Waals surface area contributed by atoms with E-state index in [2.05, 4.69) is 10.3 Å². The summed E-state index contributed by atoms with van der Waals surface area (Å²) < 4.78 is 0. The van der Waals surface area contributed by atoms with Crippen LogP contribution in [0.2, 0.25) is 0 Å². The van der Waals surface area contributed by atoms with Gasteiger partial charge < -0.3 is 5.32 Å². The second kappa shape index (κ2) is 2.64. The molecule has 0 radical (unpaired) electrons. The van der Waals surface area contributed by atoms with Gasteiger partial charge in [-0.15, -0.1) is 0 Å². The monoisotopic (exact) mass is 152 g/mol. The molecular weight excluding hydrogens is 140 g/mol. The molecule has 2 aliphatic rings. The van der Waals surface area contributed by atoms with E-state index in [0.717, 1.165) is 12.8 Å². The Balaban J connectivity index is 2.10. The molecule has 2 atom stereocenters. The van der Waals surface area contributed by atoms with E-state index in [1.165, 1.54) is 19.1 Å². The summed E-state index contributed by atoms with van der Waals surface area (Å²) in [5.41, 5.74) is 0. The number of fused-ring (bicyclic) bond motifs is 1. The fourth-order valence-corrected chi connectivity index (χ4v) is 1.84. The van der Waals surface area contributed by atoms with E-state index in [0.29, 0.717) is 12.1 Å². The molecule has 1 heterocycles. The van der Waals surface area contributed by atoms with Gasteiger partial charge in [-0.2, -0.15) is 0 Å². The Hall–Kier alpha value is -0.860. The van der Waals surface area contributed by atoms with E-state index in [9.17, 15) is 4.79 Å². The molecule has 11 heavy (non-hydrogen) atoms. The molecule has 0 aromatic heterocycles. The number of hydrogen-bond donors (Lipinski definition) is 1. The lowest BCUT2D eigenvalue weighted by Crippen LogP contribution is -2.48. The van der Waals surface area contributed by atoms with Crippen molar-refractivity contribution in [3.63, 3.8) is 0 Å². The topological polar surface area (TPSA) is 41.5 Å². The minimum atomic E-state index is -0.0202. The molecule has 0 aromatic carbocycles. The first kappa shape index (κ1) is 6.83. The summed E-state index contributed by atoms with van der Waals surface area (Å²) in [6.07, 6.45) is 6.16. The van der Waals surface area contributed by atoms with Crippen molar-refractivity contribution in [2.24, 2.45) is 4.99 Å². The number of hydrogen-bond acceptors (Lipinski definition) is 2. The molecule has 1 amide bonds. The second-order valence-electron chi connectivity index (χ2n) is 3.25. The fourth-order valence-electron chi connectivity index (χ4n) is 1.84. The summed E-state index contributed by atoms with van der Waals surface area (Å²) in [4.78, 5) is 15.1. The largest absolute Gasteiger partial charge is 0.346 e. The predicted molar refractivity (Wildman–Crippen MR) is 42.7 cm³/mol. The zero-order valence-electron chi connectivity index (χ0n) is 6.42. The molecule has 60 valence electrons. The molecule has 1 aliphatic heterocycles. The minimum Gasteiger partial charge on any atom is -0.346 e. The van der Waals surface area contributed by atoms with Gasteiger partial charge in [0.15, 0.2) is 0 Å². The molecule has 1 fully saturated rings. The molecule has 0 aromatic rings. The Kier molecular flexibility index (Phi) is 1.64. The standard InChI is InChI=1S/C8H12N2O/c11-8-5-9-6-3-1-2-4-7(6)10-8/h5-7H,1-4H2,(H,10,11)/t6-,7-/m0/s1. The molecule has 1 aliphatic carbocycles. The Labute approximate surface area is 65.9 Å². The third-order valence-electron chi connectivity index (χ3n) is 2.44. The molecule has 3 nitrogen and oxygen atoms in total. The average Bonchev–Trinajstić information content (AvgIpc) is 2.04. The van der Waals surface area contributed by atoms with Crippen LogP contribution in [0.15, 0.2) is 4.99 Å². The van der Waals surface area contributed by atoms with Gasteiger partial charge in [-0.1, -0.05) is 12.8 Å². The lowest BCUT2D eigenvalue weighted by atomic mass is 9.90. The van der Waals surface area contributed by atoms with Crippen LogP contribution in [-0.2, 0) is 4.79 Å². The highest BCUT2D eigenvalue weighted by Crippen LogP contribution is 2.22. The van der Waals surface area contributed by atoms with Crippen LogP contribution in [0.4, 0.5) is 0 Å². The van der Waals surface area contributed by atoms with Crippen LogP contribution < -0.4 is 5.32 Å². The maximum absolute atomic E-state index is 10.9. The van der Waals surface area contributed by atoms with Crippen molar-refractivity contribution in [3.8, 4) is 0 Å². The van der Waals surface area contributed by atoms with E-state index < -0.39 is 0 Å². The summed E-state index contributed by atoms with van der Waals surface area (Å²) >= 11 is 0. The van der Waals surface area contributed by atoms with Crippen molar-refractivity contribution in [2.45, 2.75) is 37.8 Å². The van der Waals surface area contributed by atoms with Crippen molar-refractivity contribution in [3.05, 3.63) is 0 Å². The summed E-state index contributed by atoms with van der Waals surface area (Å²) in [7, 11) is 0. The third kappa shape index (κ3) is 1.27. The highest BCUT2D eigenvalue weighted by Gasteiger charge is 2.27. The molecule has 0 bridgehead atoms. The van der Waals surface area contributed by atoms with Crippen LogP contribution in [0, 0.1) is 0 Å². The van der Waals surface area contributed by atoms with Crippen LogP contribution in [-0.4, -0.2) is 24.2 Å². The van der Waals surface area contributed by atoms with E-state index in [1.807, 2.05) is 0 Å². The zero-order valence-corrected chi connectivity index (χ0v) is 6.42. The van der Waals surface area contributed by atoms with Crippen LogP contribution in [0.3, 0.4) is 0 Å². The fraction of sp³-hybridized carbons (Fsp3) is 0.750. The van der Waals surface area contributed by atoms with E-state index in [1.54, 1.807) is 0 Å². The molecule has 1 N–H and O–H groups in total. The van der Waals surface area contributed by atoms with Gasteiger partial charge in [0.05, 0.1) is 18.3 Å². The van der Waals surface area contributed by atoms with Crippen LogP contribution in [0.5, 0.6) is 0 Å². The zero-order chi connectivity index (χ0) is 7.68. The number of nitrogens with one attached hydrogen (secondary N) is 1. The molecular formula is C8H12N2O. The van der Waals surface area contributed by atoms with Gasteiger partial charge >= 0.3 is 0 Å². The molecule has 3 heteroatoms. The van der Waals surface area contributed by atoms with E-state index in [-0.39, 0.29) is 5.91 Å². The lowest BCUT2D eigenvalue weighted by Gasteiger charge is -2.31. The highest BCUT2D eigenvalue weighted by molar-refractivity contribution is 6.26. The Morgan fingerprint density at radius 3 is 3.18 bits per heavy atom. The Morgan fingerprint density at radius 2 is 2.27 bits per heavy atom. The highest BCUT2D eigenvalue weighted by atomic mass is 16.1. The van der Waals surface area contributed by atoms with Gasteiger partial charge in [0.25, 0.3) is 5.91 Å². The SMILES string of the molecule is O=C1C=N[C@H]2CCCC[C@@H]2N1. The summed E-state index contributed by atoms with van der Waals surface area (Å²) in [5.74, 6) is -0.0202. The maximum atomic E-state index is 10.9. The molecule has 2 rings (SSSR count). The third-order valence-corrected chi connectivity index (χ3v) is 2.44. The number of amides is 1. The number of carbonyl (C=O) groups is 1. The quantitative estimate of drug-likeness (QED) is 0.539. The molecule has 0 spiro atoms. The smallest absolute Gasteiger partial charge is 0.262 e. The maximum Gasteiger partial charge on any atom is 0.262 e. The Bertz CT molecular complexity index is 200. The van der Waals surface area contributed by atoms with Crippen molar-refractivity contribution in [1.29, 1.82) is 0 Å². The van der Waals surface area contributed by atoms with Crippen molar-refractivity contribution >= 4 is 12.1 Å². The van der Waals surface area contributed by atoms with Gasteiger partial charge in [-0.25, -0.2) is 0 Å². The minimum absolute atomic E-state index is 0.0202. The molecule has 0 saturated heterocycles. The van der Waals surface area contributed by atoms with Gasteiger partial charge in [0.1, 0.15) is 0 Å². The normalized spacial score (nSPS) is 36.2. The average molecular weight is 152 g/mol. The summed E-state index contributed by atoms with van der Waals surface area (Å²) in [6, 6.07) is 0.711.